The van der Waals surface area contributed by atoms with Crippen LogP contribution in [0.2, 0.25) is 0 Å². The van der Waals surface area contributed by atoms with Gasteiger partial charge in [0, 0.05) is 12.7 Å². The molecule has 5 heteroatoms. The maximum atomic E-state index is 13.7. The largest absolute Gasteiger partial charge is 0.370 e. The van der Waals surface area contributed by atoms with Gasteiger partial charge in [-0.2, -0.15) is 5.26 Å². The van der Waals surface area contributed by atoms with Gasteiger partial charge < -0.3 is 10.6 Å². The third-order valence-electron chi connectivity index (χ3n) is 3.00. The summed E-state index contributed by atoms with van der Waals surface area (Å²) in [6.07, 6.45) is 2.06. The first-order chi connectivity index (χ1) is 8.65. The van der Waals surface area contributed by atoms with E-state index in [0.717, 1.165) is 12.8 Å². The first-order valence-corrected chi connectivity index (χ1v) is 5.83. The molecule has 1 fully saturated rings. The molecule has 1 aliphatic carbocycles. The zero-order valence-electron chi connectivity index (χ0n) is 10.0. The summed E-state index contributed by atoms with van der Waals surface area (Å²) < 4.78 is 13.7. The van der Waals surface area contributed by atoms with Gasteiger partial charge in [-0.1, -0.05) is 0 Å². The van der Waals surface area contributed by atoms with Crippen molar-refractivity contribution in [1.82, 2.24) is 5.32 Å². The maximum absolute atomic E-state index is 13.7. The summed E-state index contributed by atoms with van der Waals surface area (Å²) >= 11 is 0. The van der Waals surface area contributed by atoms with Crippen molar-refractivity contribution in [2.75, 3.05) is 12.4 Å². The number of carbonyl (C=O) groups excluding carboxylic acids is 1. The van der Waals surface area contributed by atoms with Crippen LogP contribution in [0.1, 0.15) is 23.2 Å². The number of hydrogen-bond donors (Lipinski definition) is 2. The predicted molar refractivity (Wildman–Crippen MR) is 65.5 cm³/mol. The standard InChI is InChI=1S/C13H14FN3O/c1-16-13(18)10-5-4-9(6-11(10)14)17-12(7-15)8-2-3-8/h4-6,8,12,17H,2-3H2,1H3,(H,16,18). The van der Waals surface area contributed by atoms with Crippen LogP contribution in [0, 0.1) is 23.1 Å². The minimum atomic E-state index is -0.591. The van der Waals surface area contributed by atoms with Crippen molar-refractivity contribution in [2.45, 2.75) is 18.9 Å². The highest BCUT2D eigenvalue weighted by molar-refractivity contribution is 5.94. The minimum absolute atomic E-state index is 0.00276. The zero-order valence-corrected chi connectivity index (χ0v) is 10.0. The van der Waals surface area contributed by atoms with E-state index in [9.17, 15) is 9.18 Å². The molecule has 0 heterocycles. The van der Waals surface area contributed by atoms with Crippen LogP contribution >= 0.6 is 0 Å². The lowest BCUT2D eigenvalue weighted by molar-refractivity contribution is 0.0959. The van der Waals surface area contributed by atoms with E-state index >= 15 is 0 Å². The summed E-state index contributed by atoms with van der Waals surface area (Å²) in [5.41, 5.74) is 0.529. The van der Waals surface area contributed by atoms with E-state index < -0.39 is 11.7 Å². The van der Waals surface area contributed by atoms with Crippen LogP contribution in [0.5, 0.6) is 0 Å². The quantitative estimate of drug-likeness (QED) is 0.854. The molecule has 0 saturated heterocycles. The molecule has 18 heavy (non-hydrogen) atoms. The summed E-state index contributed by atoms with van der Waals surface area (Å²) in [7, 11) is 1.45. The second kappa shape index (κ2) is 5.05. The fourth-order valence-electron chi connectivity index (χ4n) is 1.79. The molecular weight excluding hydrogens is 233 g/mol. The van der Waals surface area contributed by atoms with E-state index in [0.29, 0.717) is 11.6 Å². The predicted octanol–water partition coefficient (Wildman–Crippen LogP) is 1.90. The van der Waals surface area contributed by atoms with Crippen molar-refractivity contribution in [2.24, 2.45) is 5.92 Å². The van der Waals surface area contributed by atoms with Crippen LogP contribution in [0.25, 0.3) is 0 Å². The summed E-state index contributed by atoms with van der Waals surface area (Å²) in [5.74, 6) is -0.693. The summed E-state index contributed by atoms with van der Waals surface area (Å²) in [6, 6.07) is 6.16. The molecule has 0 aliphatic heterocycles. The molecule has 0 aromatic heterocycles. The van der Waals surface area contributed by atoms with Gasteiger partial charge in [-0.25, -0.2) is 4.39 Å². The molecule has 1 unspecified atom stereocenters. The van der Waals surface area contributed by atoms with E-state index in [1.165, 1.54) is 19.2 Å². The number of rotatable bonds is 4. The van der Waals surface area contributed by atoms with Gasteiger partial charge in [-0.05, 0) is 37.0 Å². The van der Waals surface area contributed by atoms with Crippen LogP contribution in [-0.2, 0) is 0 Å². The van der Waals surface area contributed by atoms with Crippen molar-refractivity contribution in [3.05, 3.63) is 29.6 Å². The van der Waals surface area contributed by atoms with Gasteiger partial charge in [0.2, 0.25) is 0 Å². The fraction of sp³-hybridized carbons (Fsp3) is 0.385. The number of nitriles is 1. The highest BCUT2D eigenvalue weighted by Crippen LogP contribution is 2.34. The minimum Gasteiger partial charge on any atom is -0.370 e. The number of halogens is 1. The van der Waals surface area contributed by atoms with Crippen molar-refractivity contribution in [3.8, 4) is 6.07 Å². The van der Waals surface area contributed by atoms with Crippen molar-refractivity contribution in [1.29, 1.82) is 5.26 Å². The van der Waals surface area contributed by atoms with Gasteiger partial charge in [-0.3, -0.25) is 4.79 Å². The molecule has 0 radical (unpaired) electrons. The van der Waals surface area contributed by atoms with Crippen LogP contribution in [0.15, 0.2) is 18.2 Å². The van der Waals surface area contributed by atoms with Gasteiger partial charge >= 0.3 is 0 Å². The number of carbonyl (C=O) groups is 1. The summed E-state index contributed by atoms with van der Waals surface area (Å²) in [5, 5.41) is 14.3. The van der Waals surface area contributed by atoms with E-state index in [1.807, 2.05) is 0 Å². The smallest absolute Gasteiger partial charge is 0.253 e. The fourth-order valence-corrected chi connectivity index (χ4v) is 1.79. The van der Waals surface area contributed by atoms with Crippen LogP contribution < -0.4 is 10.6 Å². The van der Waals surface area contributed by atoms with E-state index in [4.69, 9.17) is 5.26 Å². The molecule has 1 saturated carbocycles. The van der Waals surface area contributed by atoms with Crippen LogP contribution in [0.4, 0.5) is 10.1 Å². The highest BCUT2D eigenvalue weighted by Gasteiger charge is 2.31. The van der Waals surface area contributed by atoms with Crippen molar-refractivity contribution < 1.29 is 9.18 Å². The lowest BCUT2D eigenvalue weighted by atomic mass is 10.1. The van der Waals surface area contributed by atoms with Gasteiger partial charge in [0.1, 0.15) is 11.9 Å². The van der Waals surface area contributed by atoms with Crippen molar-refractivity contribution >= 4 is 11.6 Å². The molecule has 1 aromatic carbocycles. The molecule has 4 nitrogen and oxygen atoms in total. The molecule has 1 aromatic rings. The Bertz CT molecular complexity index is 505. The number of anilines is 1. The Kier molecular flexibility index (Phi) is 3.47. The van der Waals surface area contributed by atoms with Gasteiger partial charge in [0.15, 0.2) is 0 Å². The average molecular weight is 247 g/mol. The molecule has 0 spiro atoms. The molecule has 0 bridgehead atoms. The van der Waals surface area contributed by atoms with Gasteiger partial charge in [-0.15, -0.1) is 0 Å². The first-order valence-electron chi connectivity index (χ1n) is 5.83. The second-order valence-corrected chi connectivity index (χ2v) is 4.36. The summed E-state index contributed by atoms with van der Waals surface area (Å²) in [6.45, 7) is 0. The monoisotopic (exact) mass is 247 g/mol. The lowest BCUT2D eigenvalue weighted by Gasteiger charge is -2.12. The average Bonchev–Trinajstić information content (AvgIpc) is 3.19. The van der Waals surface area contributed by atoms with Crippen LogP contribution in [-0.4, -0.2) is 19.0 Å². The van der Waals surface area contributed by atoms with Crippen LogP contribution in [0.3, 0.4) is 0 Å². The first kappa shape index (κ1) is 12.4. The molecule has 1 amide bonds. The molecular formula is C13H14FN3O. The molecule has 1 aliphatic rings. The number of amides is 1. The number of nitrogens with one attached hydrogen (secondary N) is 2. The second-order valence-electron chi connectivity index (χ2n) is 4.36. The molecule has 2 N–H and O–H groups in total. The highest BCUT2D eigenvalue weighted by atomic mass is 19.1. The maximum Gasteiger partial charge on any atom is 0.253 e. The van der Waals surface area contributed by atoms with Gasteiger partial charge in [0.25, 0.3) is 5.91 Å². The Morgan fingerprint density at radius 3 is 2.78 bits per heavy atom. The molecule has 94 valence electrons. The van der Waals surface area contributed by atoms with E-state index in [-0.39, 0.29) is 11.6 Å². The SMILES string of the molecule is CNC(=O)c1ccc(NC(C#N)C2CC2)cc1F. The molecule has 1 atom stereocenters. The Morgan fingerprint density at radius 2 is 2.28 bits per heavy atom. The van der Waals surface area contributed by atoms with Gasteiger partial charge in [0.05, 0.1) is 11.6 Å². The lowest BCUT2D eigenvalue weighted by Crippen LogP contribution is -2.21. The topological polar surface area (TPSA) is 64.9 Å². The normalized spacial score (nSPS) is 15.6. The number of nitrogens with zero attached hydrogens (tertiary/aromatic N) is 1. The Morgan fingerprint density at radius 1 is 1.56 bits per heavy atom. The third kappa shape index (κ3) is 2.59. The Hall–Kier alpha value is -2.09. The number of benzene rings is 1. The molecule has 2 rings (SSSR count). The van der Waals surface area contributed by atoms with E-state index in [2.05, 4.69) is 16.7 Å². The summed E-state index contributed by atoms with van der Waals surface area (Å²) in [4.78, 5) is 11.3. The Balaban J connectivity index is 2.13. The zero-order chi connectivity index (χ0) is 13.1. The van der Waals surface area contributed by atoms with E-state index in [1.54, 1.807) is 6.07 Å². The Labute approximate surface area is 105 Å². The number of hydrogen-bond acceptors (Lipinski definition) is 3. The van der Waals surface area contributed by atoms with Crippen molar-refractivity contribution in [3.63, 3.8) is 0 Å². The third-order valence-corrected chi connectivity index (χ3v) is 3.00.